The molecule has 1 heterocycles. The Morgan fingerprint density at radius 2 is 1.65 bits per heavy atom. The van der Waals surface area contributed by atoms with Crippen molar-refractivity contribution in [2.75, 3.05) is 0 Å². The van der Waals surface area contributed by atoms with Gasteiger partial charge in [0, 0.05) is 12.6 Å². The maximum absolute atomic E-state index is 11.7. The van der Waals surface area contributed by atoms with Gasteiger partial charge in [0.05, 0.1) is 17.2 Å². The minimum Gasteiger partial charge on any atom is -0.477 e. The highest BCUT2D eigenvalue weighted by molar-refractivity contribution is 9.10. The monoisotopic (exact) mass is 405 g/mol. The minimum absolute atomic E-state index is 0.0404. The highest BCUT2D eigenvalue weighted by atomic mass is 79.9. The van der Waals surface area contributed by atoms with Gasteiger partial charge in [0.2, 0.25) is 0 Å². The highest BCUT2D eigenvalue weighted by Gasteiger charge is 2.25. The fraction of sp³-hybridized carbons (Fsp3) is 0.0500. The summed E-state index contributed by atoms with van der Waals surface area (Å²) in [4.78, 5) is 11.7. The smallest absolute Gasteiger partial charge is 0.353 e. The average molecular weight is 406 g/mol. The predicted octanol–water partition coefficient (Wildman–Crippen LogP) is 4.56. The zero-order valence-corrected chi connectivity index (χ0v) is 15.3. The van der Waals surface area contributed by atoms with E-state index in [0.717, 1.165) is 11.1 Å². The van der Waals surface area contributed by atoms with Gasteiger partial charge in [-0.3, -0.25) is 0 Å². The fourth-order valence-electron chi connectivity index (χ4n) is 2.94. The molecule has 0 bridgehead atoms. The van der Waals surface area contributed by atoms with Crippen molar-refractivity contribution < 1.29 is 9.90 Å². The summed E-state index contributed by atoms with van der Waals surface area (Å²) < 4.78 is 1.86. The standard InChI is InChI=1S/C20H12BrN3O2/c1-24-18(20(25)26)17(16(11-23)19(24)21)13-8-6-12(7-9-13)15-5-3-2-4-14(15)10-22/h2-9H,1H3,(H,25,26). The van der Waals surface area contributed by atoms with Crippen molar-refractivity contribution in [3.8, 4) is 34.4 Å². The van der Waals surface area contributed by atoms with Crippen LogP contribution in [0.5, 0.6) is 0 Å². The van der Waals surface area contributed by atoms with Gasteiger partial charge in [0.15, 0.2) is 0 Å². The number of carboxylic acid groups (broad SMARTS) is 1. The lowest BCUT2D eigenvalue weighted by Crippen LogP contribution is -2.06. The lowest BCUT2D eigenvalue weighted by atomic mass is 9.96. The number of aromatic nitrogens is 1. The minimum atomic E-state index is -1.11. The molecule has 6 heteroatoms. The Kier molecular flexibility index (Phi) is 4.62. The van der Waals surface area contributed by atoms with E-state index in [2.05, 4.69) is 28.1 Å². The van der Waals surface area contributed by atoms with E-state index in [9.17, 15) is 20.4 Å². The molecule has 3 aromatic rings. The molecule has 0 saturated carbocycles. The van der Waals surface area contributed by atoms with Crippen LogP contribution in [0, 0.1) is 22.7 Å². The molecule has 3 rings (SSSR count). The second-order valence-corrected chi connectivity index (χ2v) is 6.35. The molecule has 5 nitrogen and oxygen atoms in total. The number of carboxylic acids is 1. The van der Waals surface area contributed by atoms with Crippen LogP contribution < -0.4 is 0 Å². The summed E-state index contributed by atoms with van der Waals surface area (Å²) in [5.74, 6) is -1.11. The highest BCUT2D eigenvalue weighted by Crippen LogP contribution is 2.36. The number of rotatable bonds is 3. The largest absolute Gasteiger partial charge is 0.477 e. The SMILES string of the molecule is Cn1c(Br)c(C#N)c(-c2ccc(-c3ccccc3C#N)cc2)c1C(=O)O. The molecule has 0 unspecified atom stereocenters. The van der Waals surface area contributed by atoms with Crippen molar-refractivity contribution in [1.82, 2.24) is 4.57 Å². The molecular weight excluding hydrogens is 394 g/mol. The third-order valence-electron chi connectivity index (χ3n) is 4.17. The first kappa shape index (κ1) is 17.5. The quantitative estimate of drug-likeness (QED) is 0.690. The van der Waals surface area contributed by atoms with Crippen LogP contribution in [0.2, 0.25) is 0 Å². The van der Waals surface area contributed by atoms with Crippen LogP contribution in [0.3, 0.4) is 0 Å². The van der Waals surface area contributed by atoms with Crippen LogP contribution in [0.1, 0.15) is 21.6 Å². The third kappa shape index (κ3) is 2.77. The molecule has 0 radical (unpaired) electrons. The van der Waals surface area contributed by atoms with Crippen molar-refractivity contribution in [2.24, 2.45) is 7.05 Å². The molecular formula is C20H12BrN3O2. The fourth-order valence-corrected chi connectivity index (χ4v) is 3.40. The molecule has 0 saturated heterocycles. The summed E-state index contributed by atoms with van der Waals surface area (Å²) in [6.07, 6.45) is 0. The van der Waals surface area contributed by atoms with Crippen LogP contribution in [0.4, 0.5) is 0 Å². The molecule has 1 aromatic heterocycles. The normalized spacial score (nSPS) is 10.2. The van der Waals surface area contributed by atoms with Crippen LogP contribution in [0.25, 0.3) is 22.3 Å². The van der Waals surface area contributed by atoms with Gasteiger partial charge in [-0.05, 0) is 38.7 Å². The number of hydrogen-bond acceptors (Lipinski definition) is 3. The summed E-state index contributed by atoms with van der Waals surface area (Å²) in [5, 5.41) is 28.3. The molecule has 0 aliphatic carbocycles. The lowest BCUT2D eigenvalue weighted by Gasteiger charge is -2.07. The van der Waals surface area contributed by atoms with Gasteiger partial charge in [0.1, 0.15) is 16.4 Å². The Morgan fingerprint density at radius 3 is 2.23 bits per heavy atom. The summed E-state index contributed by atoms with van der Waals surface area (Å²) in [6.45, 7) is 0. The van der Waals surface area contributed by atoms with Crippen molar-refractivity contribution in [3.63, 3.8) is 0 Å². The second kappa shape index (κ2) is 6.87. The van der Waals surface area contributed by atoms with E-state index in [1.807, 2.05) is 24.3 Å². The third-order valence-corrected chi connectivity index (χ3v) is 5.10. The molecule has 126 valence electrons. The Morgan fingerprint density at radius 1 is 1.04 bits per heavy atom. The van der Waals surface area contributed by atoms with E-state index in [-0.39, 0.29) is 11.3 Å². The summed E-state index contributed by atoms with van der Waals surface area (Å²) in [7, 11) is 1.59. The Labute approximate surface area is 158 Å². The van der Waals surface area contributed by atoms with E-state index in [4.69, 9.17) is 0 Å². The maximum Gasteiger partial charge on any atom is 0.353 e. The van der Waals surface area contributed by atoms with Crippen LogP contribution in [-0.4, -0.2) is 15.6 Å². The molecule has 0 spiro atoms. The van der Waals surface area contributed by atoms with Crippen molar-refractivity contribution in [2.45, 2.75) is 0 Å². The van der Waals surface area contributed by atoms with Crippen LogP contribution in [-0.2, 0) is 7.05 Å². The number of nitrogens with zero attached hydrogens (tertiary/aromatic N) is 3. The van der Waals surface area contributed by atoms with Gasteiger partial charge in [-0.2, -0.15) is 10.5 Å². The molecule has 0 atom stereocenters. The maximum atomic E-state index is 11.7. The van der Waals surface area contributed by atoms with Gasteiger partial charge in [-0.15, -0.1) is 0 Å². The topological polar surface area (TPSA) is 89.8 Å². The first-order valence-electron chi connectivity index (χ1n) is 7.61. The van der Waals surface area contributed by atoms with Gasteiger partial charge >= 0.3 is 5.97 Å². The number of hydrogen-bond donors (Lipinski definition) is 1. The van der Waals surface area contributed by atoms with E-state index in [1.165, 1.54) is 4.57 Å². The second-order valence-electron chi connectivity index (χ2n) is 5.60. The number of carbonyl (C=O) groups is 1. The zero-order valence-electron chi connectivity index (χ0n) is 13.7. The number of nitriles is 2. The first-order valence-corrected chi connectivity index (χ1v) is 8.40. The van der Waals surface area contributed by atoms with E-state index in [0.29, 0.717) is 21.3 Å². The Balaban J connectivity index is 2.17. The summed E-state index contributed by atoms with van der Waals surface area (Å²) >= 11 is 3.29. The van der Waals surface area contributed by atoms with Gasteiger partial charge in [-0.1, -0.05) is 42.5 Å². The van der Waals surface area contributed by atoms with Gasteiger partial charge in [-0.25, -0.2) is 4.79 Å². The van der Waals surface area contributed by atoms with Crippen molar-refractivity contribution >= 4 is 21.9 Å². The van der Waals surface area contributed by atoms with Gasteiger partial charge in [0.25, 0.3) is 0 Å². The molecule has 0 fully saturated rings. The van der Waals surface area contributed by atoms with E-state index < -0.39 is 5.97 Å². The molecule has 0 aliphatic heterocycles. The Bertz CT molecular complexity index is 1100. The lowest BCUT2D eigenvalue weighted by molar-refractivity contribution is 0.0687. The van der Waals surface area contributed by atoms with E-state index in [1.54, 1.807) is 31.3 Å². The molecule has 0 aliphatic rings. The summed E-state index contributed by atoms with van der Waals surface area (Å²) in [5.41, 5.74) is 3.51. The summed E-state index contributed by atoms with van der Waals surface area (Å²) in [6, 6.07) is 18.7. The average Bonchev–Trinajstić information content (AvgIpc) is 2.92. The van der Waals surface area contributed by atoms with Gasteiger partial charge < -0.3 is 9.67 Å². The first-order chi connectivity index (χ1) is 12.5. The van der Waals surface area contributed by atoms with Crippen molar-refractivity contribution in [1.29, 1.82) is 10.5 Å². The predicted molar refractivity (Wildman–Crippen MR) is 100 cm³/mol. The number of benzene rings is 2. The zero-order chi connectivity index (χ0) is 18.8. The molecule has 1 N–H and O–H groups in total. The molecule has 2 aromatic carbocycles. The van der Waals surface area contributed by atoms with Crippen molar-refractivity contribution in [3.05, 3.63) is 70.0 Å². The molecule has 0 amide bonds. The van der Waals surface area contributed by atoms with E-state index >= 15 is 0 Å². The van der Waals surface area contributed by atoms with Crippen LogP contribution >= 0.6 is 15.9 Å². The number of aromatic carboxylic acids is 1. The van der Waals surface area contributed by atoms with Crippen LogP contribution in [0.15, 0.2) is 53.1 Å². The number of halogens is 1. The Hall–Kier alpha value is -3.35. The molecule has 26 heavy (non-hydrogen) atoms.